The van der Waals surface area contributed by atoms with E-state index in [2.05, 4.69) is 191 Å². The van der Waals surface area contributed by atoms with E-state index in [1.54, 1.807) is 0 Å². The lowest BCUT2D eigenvalue weighted by Crippen LogP contribution is -1.95. The fourth-order valence-corrected chi connectivity index (χ4v) is 9.22. The molecule has 8 aromatic carbocycles. The molecule has 0 aliphatic rings. The molecule has 0 spiro atoms. The molecular formula is C48H30N2S. The first-order chi connectivity index (χ1) is 25.3. The van der Waals surface area contributed by atoms with E-state index in [1.807, 2.05) is 11.3 Å². The van der Waals surface area contributed by atoms with Gasteiger partial charge in [0.05, 0.1) is 22.1 Å². The zero-order chi connectivity index (χ0) is 33.5. The molecule has 51 heavy (non-hydrogen) atoms. The van der Waals surface area contributed by atoms with Crippen molar-refractivity contribution in [2.75, 3.05) is 0 Å². The Labute approximate surface area is 298 Å². The summed E-state index contributed by atoms with van der Waals surface area (Å²) in [4.78, 5) is 0. The van der Waals surface area contributed by atoms with Crippen LogP contribution in [-0.4, -0.2) is 9.13 Å². The Hall–Kier alpha value is -6.42. The highest BCUT2D eigenvalue weighted by atomic mass is 32.1. The van der Waals surface area contributed by atoms with Crippen LogP contribution >= 0.6 is 11.3 Å². The Morgan fingerprint density at radius 2 is 0.725 bits per heavy atom. The minimum Gasteiger partial charge on any atom is -0.309 e. The molecule has 11 aromatic rings. The molecule has 3 aromatic heterocycles. The van der Waals surface area contributed by atoms with Gasteiger partial charge >= 0.3 is 0 Å². The van der Waals surface area contributed by atoms with Gasteiger partial charge in [-0.3, -0.25) is 0 Å². The molecule has 0 bridgehead atoms. The van der Waals surface area contributed by atoms with Crippen molar-refractivity contribution in [1.29, 1.82) is 0 Å². The average molecular weight is 667 g/mol. The van der Waals surface area contributed by atoms with Crippen molar-refractivity contribution in [1.82, 2.24) is 9.13 Å². The smallest absolute Gasteiger partial charge is 0.0548 e. The van der Waals surface area contributed by atoms with Crippen molar-refractivity contribution in [3.05, 3.63) is 182 Å². The summed E-state index contributed by atoms with van der Waals surface area (Å²) >= 11 is 1.86. The predicted octanol–water partition coefficient (Wildman–Crippen LogP) is 13.6. The van der Waals surface area contributed by atoms with E-state index in [9.17, 15) is 0 Å². The third-order valence-electron chi connectivity index (χ3n) is 10.5. The van der Waals surface area contributed by atoms with Gasteiger partial charge in [0.15, 0.2) is 0 Å². The second-order valence-electron chi connectivity index (χ2n) is 13.4. The van der Waals surface area contributed by atoms with Gasteiger partial charge in [0.2, 0.25) is 0 Å². The lowest BCUT2D eigenvalue weighted by molar-refractivity contribution is 1.17. The van der Waals surface area contributed by atoms with Crippen LogP contribution < -0.4 is 0 Å². The van der Waals surface area contributed by atoms with Gasteiger partial charge < -0.3 is 9.13 Å². The van der Waals surface area contributed by atoms with Gasteiger partial charge in [-0.05, 0) is 89.0 Å². The van der Waals surface area contributed by atoms with Crippen LogP contribution in [0, 0.1) is 0 Å². The number of hydrogen-bond acceptors (Lipinski definition) is 1. The highest BCUT2D eigenvalue weighted by molar-refractivity contribution is 7.25. The zero-order valence-corrected chi connectivity index (χ0v) is 28.4. The Balaban J connectivity index is 1.08. The van der Waals surface area contributed by atoms with Crippen molar-refractivity contribution in [3.8, 4) is 33.6 Å². The van der Waals surface area contributed by atoms with Gasteiger partial charge in [0.1, 0.15) is 0 Å². The van der Waals surface area contributed by atoms with E-state index in [-0.39, 0.29) is 0 Å². The molecule has 2 nitrogen and oxygen atoms in total. The molecule has 0 saturated heterocycles. The van der Waals surface area contributed by atoms with Crippen molar-refractivity contribution >= 4 is 75.1 Å². The average Bonchev–Trinajstić information content (AvgIpc) is 3.84. The normalized spacial score (nSPS) is 11.9. The lowest BCUT2D eigenvalue weighted by Gasteiger charge is -2.11. The van der Waals surface area contributed by atoms with Crippen molar-refractivity contribution in [3.63, 3.8) is 0 Å². The topological polar surface area (TPSA) is 9.86 Å². The molecule has 0 aliphatic heterocycles. The van der Waals surface area contributed by atoms with Crippen LogP contribution in [0.25, 0.3) is 97.4 Å². The summed E-state index contributed by atoms with van der Waals surface area (Å²) in [6.07, 6.45) is 0. The van der Waals surface area contributed by atoms with Gasteiger partial charge in [-0.25, -0.2) is 0 Å². The molecule has 0 N–H and O–H groups in total. The predicted molar refractivity (Wildman–Crippen MR) is 219 cm³/mol. The van der Waals surface area contributed by atoms with Crippen molar-refractivity contribution in [2.45, 2.75) is 0 Å². The monoisotopic (exact) mass is 666 g/mol. The fourth-order valence-electron chi connectivity index (χ4n) is 8.13. The second kappa shape index (κ2) is 11.0. The van der Waals surface area contributed by atoms with Crippen LogP contribution in [-0.2, 0) is 0 Å². The summed E-state index contributed by atoms with van der Waals surface area (Å²) in [5.41, 5.74) is 12.1. The minimum absolute atomic E-state index is 1.16. The summed E-state index contributed by atoms with van der Waals surface area (Å²) in [6.45, 7) is 0. The first kappa shape index (κ1) is 28.4. The first-order valence-electron chi connectivity index (χ1n) is 17.4. The lowest BCUT2D eigenvalue weighted by atomic mass is 10.0. The summed E-state index contributed by atoms with van der Waals surface area (Å²) < 4.78 is 7.53. The Morgan fingerprint density at radius 3 is 1.33 bits per heavy atom. The number of nitrogens with zero attached hydrogens (tertiary/aromatic N) is 2. The fraction of sp³-hybridized carbons (Fsp3) is 0. The number of para-hydroxylation sites is 2. The Morgan fingerprint density at radius 1 is 0.275 bits per heavy atom. The van der Waals surface area contributed by atoms with E-state index in [4.69, 9.17) is 0 Å². The first-order valence-corrected chi connectivity index (χ1v) is 18.2. The van der Waals surface area contributed by atoms with Gasteiger partial charge in [-0.2, -0.15) is 0 Å². The molecule has 0 radical (unpaired) electrons. The number of thiophene rings is 1. The van der Waals surface area contributed by atoms with Crippen LogP contribution in [0.1, 0.15) is 0 Å². The maximum absolute atomic E-state index is 2.43. The molecule has 0 atom stereocenters. The van der Waals surface area contributed by atoms with E-state index >= 15 is 0 Å². The Bertz CT molecular complexity index is 3100. The Kier molecular flexibility index (Phi) is 6.16. The van der Waals surface area contributed by atoms with Crippen molar-refractivity contribution < 1.29 is 0 Å². The van der Waals surface area contributed by atoms with Crippen LogP contribution in [0.15, 0.2) is 182 Å². The number of aromatic nitrogens is 2. The summed E-state index contributed by atoms with van der Waals surface area (Å²) in [7, 11) is 0. The maximum atomic E-state index is 2.43. The molecule has 11 rings (SSSR count). The highest BCUT2D eigenvalue weighted by Crippen LogP contribution is 2.41. The van der Waals surface area contributed by atoms with Crippen LogP contribution in [0.3, 0.4) is 0 Å². The standard InChI is InChI=1S/C48H30N2S/c1-2-10-31(11-3-1)32-18-23-35(24-19-32)49-43-15-7-4-12-37(43)40-30-46-41(29-45(40)49)38-13-5-8-16-44(38)50(46)36-25-20-33(21-26-36)34-22-27-48-42(28-34)39-14-6-9-17-47(39)51-48/h1-30H. The molecule has 0 fully saturated rings. The number of fused-ring (bicyclic) bond motifs is 9. The molecule has 0 unspecified atom stereocenters. The van der Waals surface area contributed by atoms with Gasteiger partial charge in [0.25, 0.3) is 0 Å². The summed E-state index contributed by atoms with van der Waals surface area (Å²) in [5, 5.41) is 7.67. The SMILES string of the molecule is c1ccc(-c2ccc(-n3c4ccccc4c4cc5c(cc43)c3ccccc3n5-c3ccc(-c4ccc5sc6ccccc6c5c4)cc3)cc2)cc1. The van der Waals surface area contributed by atoms with Crippen LogP contribution in [0.2, 0.25) is 0 Å². The number of hydrogen-bond donors (Lipinski definition) is 0. The van der Waals surface area contributed by atoms with Crippen molar-refractivity contribution in [2.24, 2.45) is 0 Å². The van der Waals surface area contributed by atoms with Gasteiger partial charge in [0, 0.05) is 53.1 Å². The van der Waals surface area contributed by atoms with Gasteiger partial charge in [-0.1, -0.05) is 115 Å². The molecule has 3 heterocycles. The minimum atomic E-state index is 1.16. The van der Waals surface area contributed by atoms with E-state index in [0.29, 0.717) is 0 Å². The molecule has 0 saturated carbocycles. The molecule has 3 heteroatoms. The number of benzene rings is 8. The molecule has 238 valence electrons. The quantitative estimate of drug-likeness (QED) is 0.177. The van der Waals surface area contributed by atoms with Crippen LogP contribution in [0.5, 0.6) is 0 Å². The number of rotatable bonds is 4. The largest absolute Gasteiger partial charge is 0.309 e. The maximum Gasteiger partial charge on any atom is 0.0548 e. The summed E-state index contributed by atoms with van der Waals surface area (Å²) in [6, 6.07) is 66.7. The van der Waals surface area contributed by atoms with Gasteiger partial charge in [-0.15, -0.1) is 11.3 Å². The second-order valence-corrected chi connectivity index (χ2v) is 14.4. The van der Waals surface area contributed by atoms with E-state index in [0.717, 1.165) is 11.4 Å². The molecular weight excluding hydrogens is 637 g/mol. The third-order valence-corrected chi connectivity index (χ3v) is 11.7. The van der Waals surface area contributed by atoms with E-state index < -0.39 is 0 Å². The van der Waals surface area contributed by atoms with E-state index in [1.165, 1.54) is 86.0 Å². The third kappa shape index (κ3) is 4.35. The highest BCUT2D eigenvalue weighted by Gasteiger charge is 2.18. The molecule has 0 amide bonds. The molecule has 0 aliphatic carbocycles. The van der Waals surface area contributed by atoms with Crippen LogP contribution in [0.4, 0.5) is 0 Å². The zero-order valence-electron chi connectivity index (χ0n) is 27.6. The summed E-state index contributed by atoms with van der Waals surface area (Å²) in [5.74, 6) is 0.